The van der Waals surface area contributed by atoms with Crippen LogP contribution in [-0.2, 0) is 10.2 Å². The van der Waals surface area contributed by atoms with Crippen LogP contribution in [0.15, 0.2) is 52.0 Å². The Kier molecular flexibility index (Phi) is 3.68. The van der Waals surface area contributed by atoms with Crippen LogP contribution in [0.4, 0.5) is 0 Å². The Morgan fingerprint density at radius 2 is 2.08 bits per heavy atom. The molecule has 0 amide bonds. The van der Waals surface area contributed by atoms with E-state index >= 15 is 0 Å². The number of benzene rings is 1. The number of hydrogen-bond donors (Lipinski definition) is 2. The minimum atomic E-state index is -1.51. The summed E-state index contributed by atoms with van der Waals surface area (Å²) in [5.74, 6) is 0.667. The van der Waals surface area contributed by atoms with Crippen LogP contribution in [0.3, 0.4) is 0 Å². The first-order valence-electron chi connectivity index (χ1n) is 8.36. The number of rotatable bonds is 3. The molecular weight excluding hydrogens is 320 g/mol. The Bertz CT molecular complexity index is 913. The molecule has 2 N–H and O–H groups in total. The topological polar surface area (TPSA) is 79.9 Å². The lowest BCUT2D eigenvalue weighted by molar-refractivity contribution is -0.105. The number of fused-ring (bicyclic) bond motifs is 3. The second-order valence-corrected chi connectivity index (χ2v) is 7.06. The van der Waals surface area contributed by atoms with Gasteiger partial charge in [0.15, 0.2) is 12.1 Å². The molecule has 5 nitrogen and oxygen atoms in total. The highest BCUT2D eigenvalue weighted by Crippen LogP contribution is 2.48. The minimum absolute atomic E-state index is 0.0221. The number of aliphatic hydroxyl groups excluding tert-OH is 1. The number of furan rings is 1. The molecule has 5 heteroatoms. The van der Waals surface area contributed by atoms with Crippen LogP contribution in [0.1, 0.15) is 36.4 Å². The molecule has 1 heterocycles. The third kappa shape index (κ3) is 2.47. The van der Waals surface area contributed by atoms with Gasteiger partial charge < -0.3 is 19.4 Å². The molecular formula is C20H20O5. The number of ether oxygens (including phenoxy) is 1. The minimum Gasteiger partial charge on any atom is -0.459 e. The van der Waals surface area contributed by atoms with Crippen LogP contribution in [-0.4, -0.2) is 35.0 Å². The molecule has 2 aliphatic rings. The maximum Gasteiger partial charge on any atom is 0.197 e. The Hall–Kier alpha value is -2.21. The Morgan fingerprint density at radius 3 is 2.84 bits per heavy atom. The van der Waals surface area contributed by atoms with Gasteiger partial charge in [-0.1, -0.05) is 30.4 Å². The van der Waals surface area contributed by atoms with E-state index < -0.39 is 11.7 Å². The van der Waals surface area contributed by atoms with Crippen molar-refractivity contribution in [3.05, 3.63) is 58.9 Å². The monoisotopic (exact) mass is 340 g/mol. The number of carbonyl (C=O) groups excluding carboxylic acids is 1. The highest BCUT2D eigenvalue weighted by atomic mass is 16.5. The van der Waals surface area contributed by atoms with Crippen LogP contribution >= 0.6 is 0 Å². The number of para-hydroxylation sites is 1. The first kappa shape index (κ1) is 16.3. The molecule has 130 valence electrons. The van der Waals surface area contributed by atoms with E-state index in [1.807, 2.05) is 44.2 Å². The summed E-state index contributed by atoms with van der Waals surface area (Å²) in [6, 6.07) is 7.59. The molecule has 0 saturated heterocycles. The van der Waals surface area contributed by atoms with E-state index in [-0.39, 0.29) is 18.5 Å². The lowest BCUT2D eigenvalue weighted by Crippen LogP contribution is -2.34. The quantitative estimate of drug-likeness (QED) is 0.840. The molecule has 1 aromatic carbocycles. The highest BCUT2D eigenvalue weighted by molar-refractivity contribution is 6.20. The zero-order valence-electron chi connectivity index (χ0n) is 14.2. The average molecular weight is 340 g/mol. The van der Waals surface area contributed by atoms with Crippen LogP contribution in [0, 0.1) is 0 Å². The van der Waals surface area contributed by atoms with Gasteiger partial charge >= 0.3 is 0 Å². The maximum atomic E-state index is 13.1. The van der Waals surface area contributed by atoms with Gasteiger partial charge in [-0.2, -0.15) is 0 Å². The zero-order chi connectivity index (χ0) is 17.8. The molecule has 0 aliphatic heterocycles. The molecule has 2 aromatic rings. The summed E-state index contributed by atoms with van der Waals surface area (Å²) in [6.45, 7) is 3.93. The molecule has 25 heavy (non-hydrogen) atoms. The summed E-state index contributed by atoms with van der Waals surface area (Å²) in [4.78, 5) is 13.1. The SMILES string of the molecule is CC1(C)C2=C(C=CC(OCC(O)O)C2)C(=O)c2c1oc1ccccc21. The van der Waals surface area contributed by atoms with Crippen molar-refractivity contribution in [3.8, 4) is 0 Å². The van der Waals surface area contributed by atoms with Gasteiger partial charge in [-0.3, -0.25) is 4.79 Å². The fraction of sp³-hybridized carbons (Fsp3) is 0.350. The number of ketones is 1. The van der Waals surface area contributed by atoms with Crippen molar-refractivity contribution in [2.45, 2.75) is 38.1 Å². The van der Waals surface area contributed by atoms with Gasteiger partial charge in [0.2, 0.25) is 0 Å². The molecule has 1 unspecified atom stereocenters. The number of Topliss-reactive ketones (excluding diaryl/α,β-unsaturated/α-hetero) is 1. The van der Waals surface area contributed by atoms with Gasteiger partial charge in [-0.25, -0.2) is 0 Å². The molecule has 0 bridgehead atoms. The lowest BCUT2D eigenvalue weighted by Gasteiger charge is -2.36. The van der Waals surface area contributed by atoms with Crippen LogP contribution in [0.5, 0.6) is 0 Å². The second kappa shape index (κ2) is 5.66. The predicted octanol–water partition coefficient (Wildman–Crippen LogP) is 2.86. The summed E-state index contributed by atoms with van der Waals surface area (Å²) in [6.07, 6.45) is 2.32. The molecule has 0 spiro atoms. The maximum absolute atomic E-state index is 13.1. The lowest BCUT2D eigenvalue weighted by atomic mass is 9.68. The van der Waals surface area contributed by atoms with Crippen molar-refractivity contribution in [1.29, 1.82) is 0 Å². The molecule has 2 aliphatic carbocycles. The Balaban J connectivity index is 1.77. The van der Waals surface area contributed by atoms with E-state index in [2.05, 4.69) is 0 Å². The molecule has 4 rings (SSSR count). The number of aliphatic hydroxyl groups is 2. The van der Waals surface area contributed by atoms with Gasteiger partial charge in [0.1, 0.15) is 11.3 Å². The largest absolute Gasteiger partial charge is 0.459 e. The van der Waals surface area contributed by atoms with Crippen molar-refractivity contribution >= 4 is 16.8 Å². The van der Waals surface area contributed by atoms with Crippen molar-refractivity contribution in [3.63, 3.8) is 0 Å². The first-order chi connectivity index (χ1) is 11.9. The fourth-order valence-electron chi connectivity index (χ4n) is 3.79. The van der Waals surface area contributed by atoms with Crippen LogP contribution in [0.2, 0.25) is 0 Å². The summed E-state index contributed by atoms with van der Waals surface area (Å²) in [5, 5.41) is 18.8. The van der Waals surface area contributed by atoms with Crippen molar-refractivity contribution in [2.75, 3.05) is 6.61 Å². The third-order valence-corrected chi connectivity index (χ3v) is 5.06. The molecule has 0 saturated carbocycles. The van der Waals surface area contributed by atoms with Crippen molar-refractivity contribution in [1.82, 2.24) is 0 Å². The summed E-state index contributed by atoms with van der Waals surface area (Å²) in [7, 11) is 0. The third-order valence-electron chi connectivity index (χ3n) is 5.06. The fourth-order valence-corrected chi connectivity index (χ4v) is 3.79. The normalized spacial score (nSPS) is 21.8. The van der Waals surface area contributed by atoms with E-state index in [0.29, 0.717) is 28.9 Å². The van der Waals surface area contributed by atoms with Gasteiger partial charge in [0.05, 0.1) is 18.3 Å². The molecule has 1 atom stereocenters. The van der Waals surface area contributed by atoms with Gasteiger partial charge in [-0.15, -0.1) is 0 Å². The summed E-state index contributed by atoms with van der Waals surface area (Å²) < 4.78 is 11.6. The summed E-state index contributed by atoms with van der Waals surface area (Å²) >= 11 is 0. The standard InChI is InChI=1S/C20H20O5/c1-20(2)14-9-11(24-10-16(21)22)7-8-12(14)18(23)17-13-5-3-4-6-15(13)25-19(17)20/h3-8,11,16,21-22H,9-10H2,1-2H3. The van der Waals surface area contributed by atoms with E-state index in [9.17, 15) is 4.79 Å². The molecule has 0 radical (unpaired) electrons. The molecule has 1 aromatic heterocycles. The number of allylic oxidation sites excluding steroid dienone is 2. The second-order valence-electron chi connectivity index (χ2n) is 7.06. The van der Waals surface area contributed by atoms with Crippen molar-refractivity contribution in [2.24, 2.45) is 0 Å². The van der Waals surface area contributed by atoms with E-state index in [0.717, 1.165) is 11.0 Å². The smallest absolute Gasteiger partial charge is 0.197 e. The zero-order valence-corrected chi connectivity index (χ0v) is 14.2. The predicted molar refractivity (Wildman–Crippen MR) is 92.3 cm³/mol. The highest BCUT2D eigenvalue weighted by Gasteiger charge is 2.44. The summed E-state index contributed by atoms with van der Waals surface area (Å²) in [5.41, 5.74) is 2.57. The first-order valence-corrected chi connectivity index (χ1v) is 8.36. The van der Waals surface area contributed by atoms with Crippen LogP contribution < -0.4 is 0 Å². The van der Waals surface area contributed by atoms with E-state index in [4.69, 9.17) is 19.4 Å². The number of hydrogen-bond acceptors (Lipinski definition) is 5. The van der Waals surface area contributed by atoms with E-state index in [1.165, 1.54) is 0 Å². The number of carbonyl (C=O) groups is 1. The Labute approximate surface area is 145 Å². The van der Waals surface area contributed by atoms with Crippen molar-refractivity contribution < 1.29 is 24.2 Å². The Morgan fingerprint density at radius 1 is 1.32 bits per heavy atom. The van der Waals surface area contributed by atoms with Gasteiger partial charge in [0.25, 0.3) is 0 Å². The van der Waals surface area contributed by atoms with Gasteiger partial charge in [-0.05, 0) is 25.5 Å². The molecule has 0 fully saturated rings. The van der Waals surface area contributed by atoms with E-state index in [1.54, 1.807) is 6.08 Å². The van der Waals surface area contributed by atoms with Crippen LogP contribution in [0.25, 0.3) is 11.0 Å². The van der Waals surface area contributed by atoms with Gasteiger partial charge in [0, 0.05) is 22.8 Å². The average Bonchev–Trinajstić information content (AvgIpc) is 2.99.